The molecule has 4 heterocycles. The summed E-state index contributed by atoms with van der Waals surface area (Å²) < 4.78 is 17.9. The van der Waals surface area contributed by atoms with E-state index >= 15 is 0 Å². The molecular formula is C25H25ClFN9O. The fourth-order valence-corrected chi connectivity index (χ4v) is 5.01. The van der Waals surface area contributed by atoms with E-state index in [1.807, 2.05) is 6.92 Å². The Kier molecular flexibility index (Phi) is 5.67. The maximum Gasteiger partial charge on any atom is 0.255 e. The van der Waals surface area contributed by atoms with Gasteiger partial charge in [0.15, 0.2) is 0 Å². The van der Waals surface area contributed by atoms with E-state index in [1.54, 1.807) is 23.9 Å². The molecule has 2 fully saturated rings. The number of amides is 1. The van der Waals surface area contributed by atoms with Crippen LogP contribution in [0, 0.1) is 25.1 Å². The third kappa shape index (κ3) is 4.43. The topological polar surface area (TPSA) is 107 Å². The van der Waals surface area contributed by atoms with Crippen molar-refractivity contribution in [2.45, 2.75) is 39.8 Å². The van der Waals surface area contributed by atoms with Gasteiger partial charge in [0.05, 0.1) is 28.5 Å². The van der Waals surface area contributed by atoms with E-state index in [2.05, 4.69) is 43.0 Å². The molecule has 1 aliphatic heterocycles. The summed E-state index contributed by atoms with van der Waals surface area (Å²) in [5.74, 6) is 0.00638. The predicted octanol–water partition coefficient (Wildman–Crippen LogP) is 3.24. The van der Waals surface area contributed by atoms with E-state index in [9.17, 15) is 9.18 Å². The number of anilines is 1. The molecule has 0 bridgehead atoms. The van der Waals surface area contributed by atoms with Gasteiger partial charge in [-0.05, 0) is 60.9 Å². The molecule has 1 saturated heterocycles. The van der Waals surface area contributed by atoms with Crippen LogP contribution in [0.15, 0.2) is 36.8 Å². The predicted molar refractivity (Wildman–Crippen MR) is 134 cm³/mol. The van der Waals surface area contributed by atoms with Crippen LogP contribution >= 0.6 is 11.6 Å². The van der Waals surface area contributed by atoms with Crippen LogP contribution in [0.3, 0.4) is 0 Å². The molecule has 12 heteroatoms. The number of rotatable bonds is 7. The zero-order valence-corrected chi connectivity index (χ0v) is 21.2. The smallest absolute Gasteiger partial charge is 0.255 e. The highest BCUT2D eigenvalue weighted by atomic mass is 35.5. The van der Waals surface area contributed by atoms with Crippen LogP contribution < -0.4 is 10.2 Å². The van der Waals surface area contributed by atoms with Gasteiger partial charge in [0.2, 0.25) is 0 Å². The first-order valence-electron chi connectivity index (χ1n) is 12.1. The quantitative estimate of drug-likeness (QED) is 0.398. The fourth-order valence-electron chi connectivity index (χ4n) is 4.84. The molecule has 2 aliphatic rings. The standard InChI is InChI=1S/C25H25ClFN9O/c1-15-17(3-6-22(30-15)34-12-25(13-34)7-8-25)10-35-11-19(16(2)31-35)24(37)28-9-18-21(36-14-29-32-33-36)5-4-20(26)23(18)27/h3-6,11,14H,7-10,12-13H2,1-2H3,(H,28,37). The molecule has 6 rings (SSSR count). The first-order chi connectivity index (χ1) is 17.8. The number of halogens is 2. The lowest BCUT2D eigenvalue weighted by molar-refractivity contribution is 0.0950. The molecule has 0 radical (unpaired) electrons. The normalized spacial score (nSPS) is 15.6. The van der Waals surface area contributed by atoms with Gasteiger partial charge in [-0.3, -0.25) is 9.48 Å². The molecule has 10 nitrogen and oxygen atoms in total. The Morgan fingerprint density at radius 1 is 1.16 bits per heavy atom. The minimum Gasteiger partial charge on any atom is -0.355 e. The lowest BCUT2D eigenvalue weighted by Crippen LogP contribution is -2.48. The summed E-state index contributed by atoms with van der Waals surface area (Å²) in [4.78, 5) is 20.1. The number of carbonyl (C=O) groups is 1. The van der Waals surface area contributed by atoms with E-state index in [4.69, 9.17) is 16.6 Å². The Labute approximate surface area is 217 Å². The molecule has 1 spiro atoms. The number of aryl methyl sites for hydroxylation is 2. The third-order valence-electron chi connectivity index (χ3n) is 7.23. The van der Waals surface area contributed by atoms with Crippen molar-refractivity contribution in [1.82, 2.24) is 40.3 Å². The molecule has 0 unspecified atom stereocenters. The highest BCUT2D eigenvalue weighted by Gasteiger charge is 2.52. The van der Waals surface area contributed by atoms with Gasteiger partial charge in [-0.1, -0.05) is 17.7 Å². The van der Waals surface area contributed by atoms with Crippen molar-refractivity contribution in [2.24, 2.45) is 5.41 Å². The number of pyridine rings is 1. The van der Waals surface area contributed by atoms with Crippen molar-refractivity contribution >= 4 is 23.3 Å². The van der Waals surface area contributed by atoms with E-state index < -0.39 is 5.82 Å². The largest absolute Gasteiger partial charge is 0.355 e. The van der Waals surface area contributed by atoms with Gasteiger partial charge >= 0.3 is 0 Å². The average Bonchev–Trinajstić information content (AvgIpc) is 3.31. The summed E-state index contributed by atoms with van der Waals surface area (Å²) >= 11 is 5.98. The molecule has 1 aromatic carbocycles. The highest BCUT2D eigenvalue weighted by molar-refractivity contribution is 6.30. The lowest BCUT2D eigenvalue weighted by Gasteiger charge is -2.41. The molecular weight excluding hydrogens is 497 g/mol. The zero-order chi connectivity index (χ0) is 25.7. The van der Waals surface area contributed by atoms with Crippen molar-refractivity contribution in [2.75, 3.05) is 18.0 Å². The Balaban J connectivity index is 1.15. The lowest BCUT2D eigenvalue weighted by atomic mass is 9.97. The molecule has 0 atom stereocenters. The molecule has 4 aromatic rings. The summed E-state index contributed by atoms with van der Waals surface area (Å²) in [6, 6.07) is 7.15. The van der Waals surface area contributed by atoms with Crippen LogP contribution in [0.5, 0.6) is 0 Å². The van der Waals surface area contributed by atoms with E-state index in [0.29, 0.717) is 28.9 Å². The minimum absolute atomic E-state index is 0.0544. The second kappa shape index (κ2) is 8.91. The number of nitrogens with zero attached hydrogens (tertiary/aromatic N) is 8. The SMILES string of the molecule is Cc1nc(N2CC3(CC3)C2)ccc1Cn1cc(C(=O)NCc2c(-n3cnnn3)ccc(Cl)c2F)c(C)n1. The monoisotopic (exact) mass is 521 g/mol. The molecule has 1 saturated carbocycles. The van der Waals surface area contributed by atoms with Gasteiger partial charge < -0.3 is 10.2 Å². The first-order valence-corrected chi connectivity index (χ1v) is 12.4. The van der Waals surface area contributed by atoms with Crippen LogP contribution in [-0.4, -0.2) is 54.0 Å². The Hall–Kier alpha value is -3.86. The second-order valence-electron chi connectivity index (χ2n) is 9.89. The van der Waals surface area contributed by atoms with E-state index in [1.165, 1.54) is 29.9 Å². The van der Waals surface area contributed by atoms with Gasteiger partial charge in [-0.25, -0.2) is 14.1 Å². The van der Waals surface area contributed by atoms with Crippen molar-refractivity contribution in [1.29, 1.82) is 0 Å². The second-order valence-corrected chi connectivity index (χ2v) is 10.3. The van der Waals surface area contributed by atoms with Crippen molar-refractivity contribution in [3.63, 3.8) is 0 Å². The van der Waals surface area contributed by atoms with Crippen molar-refractivity contribution < 1.29 is 9.18 Å². The number of tetrazole rings is 1. The minimum atomic E-state index is -0.640. The fraction of sp³-hybridized carbons (Fsp3) is 0.360. The average molecular weight is 522 g/mol. The highest BCUT2D eigenvalue weighted by Crippen LogP contribution is 2.53. The van der Waals surface area contributed by atoms with E-state index in [-0.39, 0.29) is 23.0 Å². The van der Waals surface area contributed by atoms with Gasteiger partial charge in [-0.2, -0.15) is 5.10 Å². The van der Waals surface area contributed by atoms with Gasteiger partial charge in [0, 0.05) is 42.5 Å². The van der Waals surface area contributed by atoms with Gasteiger partial charge in [-0.15, -0.1) is 5.10 Å². The summed E-state index contributed by atoms with van der Waals surface area (Å²) in [6.07, 6.45) is 5.72. The first kappa shape index (κ1) is 23.5. The van der Waals surface area contributed by atoms with E-state index in [0.717, 1.165) is 30.2 Å². The number of carbonyl (C=O) groups excluding carboxylic acids is 1. The summed E-state index contributed by atoms with van der Waals surface area (Å²) in [5.41, 5.74) is 4.09. The number of benzene rings is 1. The molecule has 190 valence electrons. The number of hydrogen-bond donors (Lipinski definition) is 1. The third-order valence-corrected chi connectivity index (χ3v) is 7.52. The van der Waals surface area contributed by atoms with Crippen molar-refractivity contribution in [3.05, 3.63) is 75.7 Å². The molecule has 1 amide bonds. The summed E-state index contributed by atoms with van der Waals surface area (Å²) in [7, 11) is 0. The van der Waals surface area contributed by atoms with Crippen LogP contribution in [0.25, 0.3) is 5.69 Å². The maximum absolute atomic E-state index is 14.8. The van der Waals surface area contributed by atoms with Crippen LogP contribution in [0.2, 0.25) is 5.02 Å². The van der Waals surface area contributed by atoms with Crippen LogP contribution in [-0.2, 0) is 13.1 Å². The molecule has 1 N–H and O–H groups in total. The number of nitrogens with one attached hydrogen (secondary N) is 1. The Morgan fingerprint density at radius 2 is 1.97 bits per heavy atom. The summed E-state index contributed by atoms with van der Waals surface area (Å²) in [5, 5.41) is 18.2. The molecule has 37 heavy (non-hydrogen) atoms. The summed E-state index contributed by atoms with van der Waals surface area (Å²) in [6.45, 7) is 6.36. The molecule has 3 aromatic heterocycles. The Bertz CT molecular complexity index is 1490. The Morgan fingerprint density at radius 3 is 2.68 bits per heavy atom. The number of hydrogen-bond acceptors (Lipinski definition) is 7. The van der Waals surface area contributed by atoms with Gasteiger partial charge in [0.1, 0.15) is 18.0 Å². The van der Waals surface area contributed by atoms with Crippen LogP contribution in [0.4, 0.5) is 10.2 Å². The van der Waals surface area contributed by atoms with Gasteiger partial charge in [0.25, 0.3) is 5.91 Å². The maximum atomic E-state index is 14.8. The number of aromatic nitrogens is 7. The zero-order valence-electron chi connectivity index (χ0n) is 20.4. The molecule has 1 aliphatic carbocycles. The van der Waals surface area contributed by atoms with Crippen LogP contribution in [0.1, 0.15) is 45.7 Å². The van der Waals surface area contributed by atoms with Crippen molar-refractivity contribution in [3.8, 4) is 5.69 Å².